The molecule has 0 saturated heterocycles. The number of alkyl halides is 1. The van der Waals surface area contributed by atoms with Gasteiger partial charge in [-0.05, 0) is 25.0 Å². The maximum Gasteiger partial charge on any atom is 0.150 e. The topological polar surface area (TPSA) is 29.0 Å². The maximum absolute atomic E-state index is 5.60. The lowest BCUT2D eigenvalue weighted by Gasteiger charge is -2.16. The highest BCUT2D eigenvalue weighted by Crippen LogP contribution is 2.07. The minimum absolute atomic E-state index is 0.759. The molecule has 3 nitrogen and oxygen atoms in total. The lowest BCUT2D eigenvalue weighted by atomic mass is 10.2. The van der Waals surface area contributed by atoms with Crippen LogP contribution in [0.4, 0.5) is 5.82 Å². The van der Waals surface area contributed by atoms with Crippen molar-refractivity contribution >= 4 is 17.4 Å². The van der Waals surface area contributed by atoms with Gasteiger partial charge in [0, 0.05) is 25.7 Å². The van der Waals surface area contributed by atoms with Crippen molar-refractivity contribution < 1.29 is 0 Å². The summed E-state index contributed by atoms with van der Waals surface area (Å²) in [5, 5.41) is 7.86. The number of nitrogens with zero attached hydrogens (tertiary/aromatic N) is 3. The molecule has 0 aromatic carbocycles. The van der Waals surface area contributed by atoms with Gasteiger partial charge < -0.3 is 4.90 Å². The van der Waals surface area contributed by atoms with Crippen LogP contribution in [0.3, 0.4) is 0 Å². The van der Waals surface area contributed by atoms with Gasteiger partial charge in [-0.25, -0.2) is 0 Å². The lowest BCUT2D eigenvalue weighted by molar-refractivity contribution is 0.701. The molecule has 4 heteroatoms. The Kier molecular flexibility index (Phi) is 5.30. The molecule has 0 N–H and O–H groups in total. The molecule has 0 saturated carbocycles. The van der Waals surface area contributed by atoms with Gasteiger partial charge in [0.1, 0.15) is 0 Å². The predicted octanol–water partition coefficient (Wildman–Crippen LogP) is 2.32. The van der Waals surface area contributed by atoms with Crippen molar-refractivity contribution in [2.45, 2.75) is 19.3 Å². The van der Waals surface area contributed by atoms with E-state index in [1.54, 1.807) is 6.20 Å². The summed E-state index contributed by atoms with van der Waals surface area (Å²) in [4.78, 5) is 2.11. The van der Waals surface area contributed by atoms with Gasteiger partial charge in [-0.3, -0.25) is 0 Å². The van der Waals surface area contributed by atoms with Gasteiger partial charge in [-0.1, -0.05) is 6.42 Å². The van der Waals surface area contributed by atoms with Crippen LogP contribution in [0.15, 0.2) is 18.3 Å². The zero-order valence-electron chi connectivity index (χ0n) is 8.49. The number of anilines is 1. The van der Waals surface area contributed by atoms with Crippen LogP contribution >= 0.6 is 11.6 Å². The summed E-state index contributed by atoms with van der Waals surface area (Å²) in [6.45, 7) is 1.01. The predicted molar refractivity (Wildman–Crippen MR) is 59.9 cm³/mol. The Labute approximate surface area is 90.1 Å². The Bertz CT molecular complexity index is 240. The van der Waals surface area contributed by atoms with Crippen molar-refractivity contribution in [3.05, 3.63) is 18.3 Å². The van der Waals surface area contributed by atoms with Crippen molar-refractivity contribution in [3.8, 4) is 0 Å². The van der Waals surface area contributed by atoms with E-state index in [4.69, 9.17) is 11.6 Å². The molecule has 0 spiro atoms. The van der Waals surface area contributed by atoms with Crippen LogP contribution < -0.4 is 4.90 Å². The Morgan fingerprint density at radius 2 is 2.21 bits per heavy atom. The summed E-state index contributed by atoms with van der Waals surface area (Å²) in [7, 11) is 2.03. The molecule has 0 bridgehead atoms. The van der Waals surface area contributed by atoms with Crippen LogP contribution in [-0.2, 0) is 0 Å². The second kappa shape index (κ2) is 6.60. The molecule has 0 fully saturated rings. The summed E-state index contributed by atoms with van der Waals surface area (Å²) in [6, 6.07) is 3.87. The SMILES string of the molecule is CN(CCCCCCl)c1cccnn1. The summed E-state index contributed by atoms with van der Waals surface area (Å²) in [5.74, 6) is 1.69. The maximum atomic E-state index is 5.60. The molecule has 14 heavy (non-hydrogen) atoms. The lowest BCUT2D eigenvalue weighted by Crippen LogP contribution is -2.19. The first-order chi connectivity index (χ1) is 6.84. The standard InChI is InChI=1S/C10H16ClN3/c1-14(9-4-2-3-7-11)10-6-5-8-12-13-10/h5-6,8H,2-4,7,9H2,1H3. The fraction of sp³-hybridized carbons (Fsp3) is 0.600. The highest BCUT2D eigenvalue weighted by Gasteiger charge is 2.00. The van der Waals surface area contributed by atoms with Gasteiger partial charge in [0.2, 0.25) is 0 Å². The molecule has 1 rings (SSSR count). The second-order valence-corrected chi connectivity index (χ2v) is 3.63. The summed E-state index contributed by atoms with van der Waals surface area (Å²) >= 11 is 5.60. The monoisotopic (exact) mass is 213 g/mol. The Morgan fingerprint density at radius 1 is 1.36 bits per heavy atom. The molecular weight excluding hydrogens is 198 g/mol. The van der Waals surface area contributed by atoms with Crippen LogP contribution in [0.1, 0.15) is 19.3 Å². The first kappa shape index (κ1) is 11.2. The van der Waals surface area contributed by atoms with Crippen molar-refractivity contribution in [3.63, 3.8) is 0 Å². The van der Waals surface area contributed by atoms with E-state index in [1.807, 2.05) is 19.2 Å². The fourth-order valence-corrected chi connectivity index (χ4v) is 1.42. The second-order valence-electron chi connectivity index (χ2n) is 3.25. The molecule has 1 aromatic heterocycles. The van der Waals surface area contributed by atoms with E-state index in [9.17, 15) is 0 Å². The van der Waals surface area contributed by atoms with Gasteiger partial charge in [0.25, 0.3) is 0 Å². The molecule has 1 heterocycles. The number of hydrogen-bond donors (Lipinski definition) is 0. The zero-order chi connectivity index (χ0) is 10.2. The van der Waals surface area contributed by atoms with Gasteiger partial charge in [-0.2, -0.15) is 5.10 Å². The van der Waals surface area contributed by atoms with Crippen molar-refractivity contribution in [1.29, 1.82) is 0 Å². The third-order valence-electron chi connectivity index (χ3n) is 2.08. The molecule has 0 aliphatic carbocycles. The first-order valence-electron chi connectivity index (χ1n) is 4.89. The van der Waals surface area contributed by atoms with Gasteiger partial charge in [-0.15, -0.1) is 16.7 Å². The van der Waals surface area contributed by atoms with Gasteiger partial charge in [0.05, 0.1) is 0 Å². The van der Waals surface area contributed by atoms with Crippen LogP contribution in [0.5, 0.6) is 0 Å². The van der Waals surface area contributed by atoms with E-state index < -0.39 is 0 Å². The van der Waals surface area contributed by atoms with Crippen LogP contribution in [-0.4, -0.2) is 29.7 Å². The summed E-state index contributed by atoms with van der Waals surface area (Å²) in [6.07, 6.45) is 5.11. The number of aromatic nitrogens is 2. The molecular formula is C10H16ClN3. The zero-order valence-corrected chi connectivity index (χ0v) is 9.24. The normalized spacial score (nSPS) is 10.1. The smallest absolute Gasteiger partial charge is 0.150 e. The molecule has 0 aliphatic rings. The summed E-state index contributed by atoms with van der Waals surface area (Å²) in [5.41, 5.74) is 0. The minimum atomic E-state index is 0.759. The number of hydrogen-bond acceptors (Lipinski definition) is 3. The Morgan fingerprint density at radius 3 is 2.86 bits per heavy atom. The highest BCUT2D eigenvalue weighted by atomic mass is 35.5. The molecule has 0 atom stereocenters. The van der Waals surface area contributed by atoms with E-state index in [-0.39, 0.29) is 0 Å². The van der Waals surface area contributed by atoms with Crippen LogP contribution in [0, 0.1) is 0 Å². The molecule has 1 aromatic rings. The van der Waals surface area contributed by atoms with Crippen LogP contribution in [0.2, 0.25) is 0 Å². The molecule has 0 unspecified atom stereocenters. The Balaban J connectivity index is 2.25. The number of rotatable bonds is 6. The average Bonchev–Trinajstić information content (AvgIpc) is 2.25. The third-order valence-corrected chi connectivity index (χ3v) is 2.34. The fourth-order valence-electron chi connectivity index (χ4n) is 1.23. The van der Waals surface area contributed by atoms with Crippen molar-refractivity contribution in [2.24, 2.45) is 0 Å². The van der Waals surface area contributed by atoms with E-state index in [0.717, 1.165) is 31.1 Å². The molecule has 0 aliphatic heterocycles. The van der Waals surface area contributed by atoms with E-state index in [2.05, 4.69) is 15.1 Å². The Hall–Kier alpha value is -0.830. The van der Waals surface area contributed by atoms with Gasteiger partial charge in [0.15, 0.2) is 5.82 Å². The molecule has 0 radical (unpaired) electrons. The van der Waals surface area contributed by atoms with Crippen molar-refractivity contribution in [2.75, 3.05) is 24.4 Å². The largest absolute Gasteiger partial charge is 0.358 e. The minimum Gasteiger partial charge on any atom is -0.358 e. The van der Waals surface area contributed by atoms with Crippen LogP contribution in [0.25, 0.3) is 0 Å². The number of halogens is 1. The van der Waals surface area contributed by atoms with E-state index in [0.29, 0.717) is 0 Å². The first-order valence-corrected chi connectivity index (χ1v) is 5.43. The van der Waals surface area contributed by atoms with E-state index in [1.165, 1.54) is 6.42 Å². The third kappa shape index (κ3) is 3.92. The number of unbranched alkanes of at least 4 members (excludes halogenated alkanes) is 2. The van der Waals surface area contributed by atoms with Crippen molar-refractivity contribution in [1.82, 2.24) is 10.2 Å². The quantitative estimate of drug-likeness (QED) is 0.537. The summed E-state index contributed by atoms with van der Waals surface area (Å²) < 4.78 is 0. The van der Waals surface area contributed by atoms with Gasteiger partial charge >= 0.3 is 0 Å². The highest BCUT2D eigenvalue weighted by molar-refractivity contribution is 6.17. The van der Waals surface area contributed by atoms with E-state index >= 15 is 0 Å². The molecule has 0 amide bonds. The molecule has 78 valence electrons. The average molecular weight is 214 g/mol.